The van der Waals surface area contributed by atoms with Crippen LogP contribution in [-0.2, 0) is 26.0 Å². The van der Waals surface area contributed by atoms with Crippen molar-refractivity contribution in [3.63, 3.8) is 0 Å². The van der Waals surface area contributed by atoms with Crippen molar-refractivity contribution in [2.24, 2.45) is 0 Å². The monoisotopic (exact) mass is 369 g/mol. The molecule has 0 spiro atoms. The molecule has 1 aromatic heterocycles. The van der Waals surface area contributed by atoms with Gasteiger partial charge in [0.05, 0.1) is 31.0 Å². The molecule has 2 aromatic rings. The summed E-state index contributed by atoms with van der Waals surface area (Å²) >= 11 is 1.10. The topological polar surface area (TPSA) is 114 Å². The Morgan fingerprint density at radius 2 is 1.92 bits per heavy atom. The van der Waals surface area contributed by atoms with Crippen LogP contribution < -0.4 is 10.0 Å². The van der Waals surface area contributed by atoms with Crippen LogP contribution in [0.25, 0.3) is 0 Å². The number of esters is 1. The van der Waals surface area contributed by atoms with Crippen LogP contribution in [0.2, 0.25) is 0 Å². The minimum Gasteiger partial charge on any atom is -0.465 e. The molecule has 0 aliphatic carbocycles. The van der Waals surface area contributed by atoms with Gasteiger partial charge in [0.2, 0.25) is 15.9 Å². The molecule has 2 rings (SSSR count). The van der Waals surface area contributed by atoms with E-state index in [4.69, 9.17) is 0 Å². The molecule has 0 atom stereocenters. The standard InChI is InChI=1S/C14H15N3O5S2/c1-22-13(19)9-3-5-10(6-4-9)15-12(18)7-11-8-23-14(16-11)17-24(2,20)21/h3-6,8H,7H2,1-2H3,(H,15,18)(H,16,17). The summed E-state index contributed by atoms with van der Waals surface area (Å²) in [5.41, 5.74) is 1.36. The lowest BCUT2D eigenvalue weighted by Crippen LogP contribution is -2.15. The number of amides is 1. The van der Waals surface area contributed by atoms with Crippen molar-refractivity contribution >= 4 is 44.1 Å². The van der Waals surface area contributed by atoms with Crippen molar-refractivity contribution < 1.29 is 22.7 Å². The third kappa shape index (κ3) is 5.32. The minimum atomic E-state index is -3.39. The van der Waals surface area contributed by atoms with Crippen LogP contribution in [0.15, 0.2) is 29.6 Å². The largest absolute Gasteiger partial charge is 0.465 e. The zero-order valence-electron chi connectivity index (χ0n) is 12.9. The SMILES string of the molecule is COC(=O)c1ccc(NC(=O)Cc2csc(NS(C)(=O)=O)n2)cc1. The molecule has 0 radical (unpaired) electrons. The van der Waals surface area contributed by atoms with Crippen molar-refractivity contribution in [1.29, 1.82) is 0 Å². The minimum absolute atomic E-state index is 0.000689. The van der Waals surface area contributed by atoms with Gasteiger partial charge in [-0.3, -0.25) is 9.52 Å². The summed E-state index contributed by atoms with van der Waals surface area (Å²) < 4.78 is 29.1. The Bertz CT molecular complexity index is 844. The van der Waals surface area contributed by atoms with Gasteiger partial charge in [-0.2, -0.15) is 0 Å². The molecule has 10 heteroatoms. The molecule has 24 heavy (non-hydrogen) atoms. The summed E-state index contributed by atoms with van der Waals surface area (Å²) in [6.07, 6.45) is 1.03. The maximum atomic E-state index is 12.0. The fourth-order valence-electron chi connectivity index (χ4n) is 1.77. The van der Waals surface area contributed by atoms with E-state index < -0.39 is 16.0 Å². The molecule has 8 nitrogen and oxygen atoms in total. The maximum absolute atomic E-state index is 12.0. The van der Waals surface area contributed by atoms with E-state index in [2.05, 4.69) is 19.8 Å². The van der Waals surface area contributed by atoms with Gasteiger partial charge in [-0.15, -0.1) is 11.3 Å². The van der Waals surface area contributed by atoms with Crippen LogP contribution in [0, 0.1) is 0 Å². The molecule has 1 heterocycles. The lowest BCUT2D eigenvalue weighted by atomic mass is 10.2. The number of rotatable bonds is 6. The number of hydrogen-bond acceptors (Lipinski definition) is 7. The Kier molecular flexibility index (Phi) is 5.52. The van der Waals surface area contributed by atoms with Gasteiger partial charge in [-0.1, -0.05) is 0 Å². The highest BCUT2D eigenvalue weighted by Crippen LogP contribution is 2.17. The van der Waals surface area contributed by atoms with E-state index in [-0.39, 0.29) is 17.5 Å². The number of ether oxygens (including phenoxy) is 1. The molecule has 0 unspecified atom stereocenters. The smallest absolute Gasteiger partial charge is 0.337 e. The van der Waals surface area contributed by atoms with Gasteiger partial charge in [0.15, 0.2) is 5.13 Å². The fraction of sp³-hybridized carbons (Fsp3) is 0.214. The van der Waals surface area contributed by atoms with E-state index in [1.807, 2.05) is 0 Å². The second kappa shape index (κ2) is 7.41. The third-order valence-electron chi connectivity index (χ3n) is 2.76. The first kappa shape index (κ1) is 17.9. The summed E-state index contributed by atoms with van der Waals surface area (Å²) in [6, 6.07) is 6.25. The Labute approximate surface area is 142 Å². The number of carbonyl (C=O) groups is 2. The lowest BCUT2D eigenvalue weighted by molar-refractivity contribution is -0.115. The zero-order valence-corrected chi connectivity index (χ0v) is 14.5. The quantitative estimate of drug-likeness (QED) is 0.746. The summed E-state index contributed by atoms with van der Waals surface area (Å²) in [4.78, 5) is 27.3. The molecular formula is C14H15N3O5S2. The van der Waals surface area contributed by atoms with Gasteiger partial charge in [-0.25, -0.2) is 18.2 Å². The van der Waals surface area contributed by atoms with Gasteiger partial charge in [-0.05, 0) is 24.3 Å². The summed E-state index contributed by atoms with van der Waals surface area (Å²) in [6.45, 7) is 0. The van der Waals surface area contributed by atoms with Crippen LogP contribution in [0.5, 0.6) is 0 Å². The summed E-state index contributed by atoms with van der Waals surface area (Å²) in [7, 11) is -2.10. The first-order valence-corrected chi connectivity index (χ1v) is 9.44. The average Bonchev–Trinajstić information content (AvgIpc) is 2.91. The molecule has 128 valence electrons. The second-order valence-corrected chi connectivity index (χ2v) is 7.42. The Morgan fingerprint density at radius 1 is 1.25 bits per heavy atom. The number of benzene rings is 1. The number of hydrogen-bond donors (Lipinski definition) is 2. The van der Waals surface area contributed by atoms with Crippen molar-refractivity contribution in [2.45, 2.75) is 6.42 Å². The van der Waals surface area contributed by atoms with E-state index in [1.165, 1.54) is 7.11 Å². The van der Waals surface area contributed by atoms with Gasteiger partial charge in [0.25, 0.3) is 0 Å². The zero-order chi connectivity index (χ0) is 17.7. The van der Waals surface area contributed by atoms with Crippen molar-refractivity contribution in [1.82, 2.24) is 4.98 Å². The first-order chi connectivity index (χ1) is 11.3. The second-order valence-electron chi connectivity index (χ2n) is 4.81. The predicted molar refractivity (Wildman–Crippen MR) is 90.7 cm³/mol. The highest BCUT2D eigenvalue weighted by atomic mass is 32.2. The normalized spacial score (nSPS) is 10.9. The van der Waals surface area contributed by atoms with Crippen LogP contribution >= 0.6 is 11.3 Å². The molecule has 0 saturated carbocycles. The van der Waals surface area contributed by atoms with Gasteiger partial charge < -0.3 is 10.1 Å². The number of anilines is 2. The highest BCUT2D eigenvalue weighted by molar-refractivity contribution is 7.92. The fourth-order valence-corrected chi connectivity index (χ4v) is 3.33. The van der Waals surface area contributed by atoms with Crippen molar-refractivity contribution in [3.05, 3.63) is 40.9 Å². The van der Waals surface area contributed by atoms with Crippen LogP contribution in [0.4, 0.5) is 10.8 Å². The average molecular weight is 369 g/mol. The number of carbonyl (C=O) groups excluding carboxylic acids is 2. The Morgan fingerprint density at radius 3 is 2.50 bits per heavy atom. The molecule has 0 aliphatic rings. The van der Waals surface area contributed by atoms with E-state index in [0.717, 1.165) is 17.6 Å². The van der Waals surface area contributed by atoms with Crippen LogP contribution in [0.3, 0.4) is 0 Å². The number of aromatic nitrogens is 1. The molecule has 0 saturated heterocycles. The summed E-state index contributed by atoms with van der Waals surface area (Å²) in [5.74, 6) is -0.765. The summed E-state index contributed by atoms with van der Waals surface area (Å²) in [5, 5.41) is 4.48. The third-order valence-corrected chi connectivity index (χ3v) is 4.26. The molecule has 2 N–H and O–H groups in total. The lowest BCUT2D eigenvalue weighted by Gasteiger charge is -2.05. The number of methoxy groups -OCH3 is 1. The number of sulfonamides is 1. The Hall–Kier alpha value is -2.46. The number of nitrogens with zero attached hydrogens (tertiary/aromatic N) is 1. The van der Waals surface area contributed by atoms with Gasteiger partial charge >= 0.3 is 5.97 Å². The molecule has 0 aliphatic heterocycles. The van der Waals surface area contributed by atoms with Gasteiger partial charge in [0.1, 0.15) is 0 Å². The molecular weight excluding hydrogens is 354 g/mol. The van der Waals surface area contributed by atoms with Crippen LogP contribution in [-0.4, -0.2) is 38.6 Å². The van der Waals surface area contributed by atoms with E-state index in [0.29, 0.717) is 16.9 Å². The Balaban J connectivity index is 1.95. The van der Waals surface area contributed by atoms with E-state index in [9.17, 15) is 18.0 Å². The van der Waals surface area contributed by atoms with Crippen molar-refractivity contribution in [2.75, 3.05) is 23.4 Å². The van der Waals surface area contributed by atoms with Crippen molar-refractivity contribution in [3.8, 4) is 0 Å². The van der Waals surface area contributed by atoms with E-state index in [1.54, 1.807) is 29.6 Å². The number of nitrogens with one attached hydrogen (secondary N) is 2. The first-order valence-electron chi connectivity index (χ1n) is 6.67. The molecule has 1 amide bonds. The van der Waals surface area contributed by atoms with Crippen LogP contribution in [0.1, 0.15) is 16.1 Å². The van der Waals surface area contributed by atoms with Gasteiger partial charge in [0, 0.05) is 11.1 Å². The highest BCUT2D eigenvalue weighted by Gasteiger charge is 2.11. The molecule has 1 aromatic carbocycles. The maximum Gasteiger partial charge on any atom is 0.337 e. The predicted octanol–water partition coefficient (Wildman–Crippen LogP) is 1.48. The van der Waals surface area contributed by atoms with E-state index >= 15 is 0 Å². The molecule has 0 bridgehead atoms. The molecule has 0 fully saturated rings. The number of thiazole rings is 1.